The van der Waals surface area contributed by atoms with E-state index in [9.17, 15) is 4.79 Å². The molecular weight excluding hydrogens is 240 g/mol. The van der Waals surface area contributed by atoms with Crippen molar-refractivity contribution in [1.29, 1.82) is 0 Å². The van der Waals surface area contributed by atoms with Gasteiger partial charge in [0.1, 0.15) is 10.9 Å². The second-order valence-corrected chi connectivity index (χ2v) is 4.02. The molecule has 0 bridgehead atoms. The van der Waals surface area contributed by atoms with Crippen molar-refractivity contribution in [3.8, 4) is 16.9 Å². The second kappa shape index (κ2) is 4.59. The zero-order valence-electron chi connectivity index (χ0n) is 9.45. The van der Waals surface area contributed by atoms with Gasteiger partial charge in [-0.2, -0.15) is 5.10 Å². The van der Waals surface area contributed by atoms with Gasteiger partial charge in [0.15, 0.2) is 0 Å². The van der Waals surface area contributed by atoms with E-state index < -0.39 is 0 Å². The lowest BCUT2D eigenvalue weighted by Gasteiger charge is -2.08. The van der Waals surface area contributed by atoms with E-state index in [1.165, 1.54) is 6.07 Å². The molecular formula is C12H11ClN2O2. The maximum atomic E-state index is 11.7. The summed E-state index contributed by atoms with van der Waals surface area (Å²) in [6, 6.07) is 7.13. The van der Waals surface area contributed by atoms with E-state index in [2.05, 4.69) is 10.2 Å². The summed E-state index contributed by atoms with van der Waals surface area (Å²) in [5.41, 5.74) is 1.90. The monoisotopic (exact) mass is 250 g/mol. The highest BCUT2D eigenvalue weighted by molar-refractivity contribution is 6.29. The highest BCUT2D eigenvalue weighted by Gasteiger charge is 2.10. The molecule has 2 aromatic rings. The van der Waals surface area contributed by atoms with Crippen LogP contribution in [0, 0.1) is 6.92 Å². The Bertz CT molecular complexity index is 608. The standard InChI is InChI=1S/C12H11ClN2O2/c1-7-3-4-10(17-2)8(5-7)9-6-11(13)14-15-12(9)16/h3-6H,1-2H3,(H,15,16). The van der Waals surface area contributed by atoms with Gasteiger partial charge < -0.3 is 4.74 Å². The van der Waals surface area contributed by atoms with Crippen LogP contribution < -0.4 is 10.3 Å². The number of rotatable bonds is 2. The summed E-state index contributed by atoms with van der Waals surface area (Å²) in [7, 11) is 1.56. The first-order valence-corrected chi connectivity index (χ1v) is 5.40. The van der Waals surface area contributed by atoms with E-state index in [1.807, 2.05) is 25.1 Å². The molecule has 17 heavy (non-hydrogen) atoms. The molecule has 0 aliphatic rings. The number of hydrogen-bond donors (Lipinski definition) is 1. The Kier molecular flexibility index (Phi) is 3.15. The summed E-state index contributed by atoms with van der Waals surface area (Å²) < 4.78 is 5.23. The number of aryl methyl sites for hydroxylation is 1. The fourth-order valence-electron chi connectivity index (χ4n) is 1.61. The highest BCUT2D eigenvalue weighted by atomic mass is 35.5. The van der Waals surface area contributed by atoms with E-state index in [-0.39, 0.29) is 10.7 Å². The molecule has 0 amide bonds. The third kappa shape index (κ3) is 2.31. The Morgan fingerprint density at radius 2 is 2.06 bits per heavy atom. The van der Waals surface area contributed by atoms with Crippen molar-refractivity contribution in [3.05, 3.63) is 45.3 Å². The van der Waals surface area contributed by atoms with Crippen LogP contribution in [0.15, 0.2) is 29.1 Å². The predicted octanol–water partition coefficient (Wildman–Crippen LogP) is 2.41. The molecule has 1 aromatic carbocycles. The average molecular weight is 251 g/mol. The lowest BCUT2D eigenvalue weighted by Crippen LogP contribution is -2.11. The van der Waals surface area contributed by atoms with Crippen LogP contribution in [0.2, 0.25) is 5.15 Å². The van der Waals surface area contributed by atoms with Crippen LogP contribution >= 0.6 is 11.6 Å². The second-order valence-electron chi connectivity index (χ2n) is 3.64. The van der Waals surface area contributed by atoms with Gasteiger partial charge in [0.25, 0.3) is 5.56 Å². The van der Waals surface area contributed by atoms with Crippen molar-refractivity contribution in [1.82, 2.24) is 10.2 Å². The molecule has 0 aliphatic carbocycles. The zero-order chi connectivity index (χ0) is 12.4. The van der Waals surface area contributed by atoms with Crippen molar-refractivity contribution < 1.29 is 4.74 Å². The molecule has 1 aromatic heterocycles. The smallest absolute Gasteiger partial charge is 0.272 e. The van der Waals surface area contributed by atoms with Gasteiger partial charge in [-0.25, -0.2) is 5.10 Å². The number of halogens is 1. The molecule has 0 unspecified atom stereocenters. The van der Waals surface area contributed by atoms with Gasteiger partial charge in [0.05, 0.1) is 12.7 Å². The molecule has 0 atom stereocenters. The number of ether oxygens (including phenoxy) is 1. The molecule has 0 saturated carbocycles. The van der Waals surface area contributed by atoms with E-state index >= 15 is 0 Å². The van der Waals surface area contributed by atoms with E-state index in [0.717, 1.165) is 5.56 Å². The molecule has 5 heteroatoms. The fraction of sp³-hybridized carbons (Fsp3) is 0.167. The lowest BCUT2D eigenvalue weighted by molar-refractivity contribution is 0.416. The zero-order valence-corrected chi connectivity index (χ0v) is 10.2. The van der Waals surface area contributed by atoms with Gasteiger partial charge in [0, 0.05) is 5.56 Å². The highest BCUT2D eigenvalue weighted by Crippen LogP contribution is 2.29. The number of nitrogens with zero attached hydrogens (tertiary/aromatic N) is 1. The van der Waals surface area contributed by atoms with Crippen LogP contribution in [0.25, 0.3) is 11.1 Å². The first-order chi connectivity index (χ1) is 8.11. The molecule has 1 heterocycles. The minimum atomic E-state index is -0.293. The Hall–Kier alpha value is -1.81. The summed E-state index contributed by atoms with van der Waals surface area (Å²) >= 11 is 5.78. The number of benzene rings is 1. The van der Waals surface area contributed by atoms with Crippen LogP contribution in [-0.4, -0.2) is 17.3 Å². The molecule has 0 saturated heterocycles. The Morgan fingerprint density at radius 1 is 1.29 bits per heavy atom. The van der Waals surface area contributed by atoms with Crippen LogP contribution in [0.5, 0.6) is 5.75 Å². The third-order valence-electron chi connectivity index (χ3n) is 2.42. The van der Waals surface area contributed by atoms with Crippen molar-refractivity contribution in [2.45, 2.75) is 6.92 Å². The maximum absolute atomic E-state index is 11.7. The van der Waals surface area contributed by atoms with Crippen LogP contribution in [0.3, 0.4) is 0 Å². The summed E-state index contributed by atoms with van der Waals surface area (Å²) in [4.78, 5) is 11.7. The molecule has 2 rings (SSSR count). The molecule has 0 spiro atoms. The first kappa shape index (κ1) is 11.7. The number of aromatic nitrogens is 2. The summed E-state index contributed by atoms with van der Waals surface area (Å²) in [6.45, 7) is 1.94. The Balaban J connectivity index is 2.71. The van der Waals surface area contributed by atoms with E-state index in [1.54, 1.807) is 7.11 Å². The van der Waals surface area contributed by atoms with Gasteiger partial charge >= 0.3 is 0 Å². The van der Waals surface area contributed by atoms with Gasteiger partial charge in [-0.05, 0) is 25.1 Å². The summed E-state index contributed by atoms with van der Waals surface area (Å²) in [5, 5.41) is 6.21. The molecule has 88 valence electrons. The Labute approximate surface area is 103 Å². The lowest BCUT2D eigenvalue weighted by atomic mass is 10.0. The Morgan fingerprint density at radius 3 is 2.76 bits per heavy atom. The normalized spacial score (nSPS) is 10.3. The number of aromatic amines is 1. The number of methoxy groups -OCH3 is 1. The van der Waals surface area contributed by atoms with E-state index in [4.69, 9.17) is 16.3 Å². The summed E-state index contributed by atoms with van der Waals surface area (Å²) in [6.07, 6.45) is 0. The molecule has 0 aliphatic heterocycles. The topological polar surface area (TPSA) is 55.0 Å². The average Bonchev–Trinajstić information content (AvgIpc) is 2.32. The van der Waals surface area contributed by atoms with Crippen LogP contribution in [0.1, 0.15) is 5.56 Å². The third-order valence-corrected chi connectivity index (χ3v) is 2.61. The largest absolute Gasteiger partial charge is 0.496 e. The minimum Gasteiger partial charge on any atom is -0.496 e. The SMILES string of the molecule is COc1ccc(C)cc1-c1cc(Cl)n[nH]c1=O. The minimum absolute atomic E-state index is 0.239. The van der Waals surface area contributed by atoms with Gasteiger partial charge in [0.2, 0.25) is 0 Å². The summed E-state index contributed by atoms with van der Waals surface area (Å²) in [5.74, 6) is 0.628. The van der Waals surface area contributed by atoms with Crippen LogP contribution in [-0.2, 0) is 0 Å². The van der Waals surface area contributed by atoms with Gasteiger partial charge in [-0.3, -0.25) is 4.79 Å². The van der Waals surface area contributed by atoms with Crippen molar-refractivity contribution >= 4 is 11.6 Å². The predicted molar refractivity (Wildman–Crippen MR) is 66.6 cm³/mol. The maximum Gasteiger partial charge on any atom is 0.272 e. The molecule has 1 N–H and O–H groups in total. The number of H-pyrrole nitrogens is 1. The molecule has 0 fully saturated rings. The van der Waals surface area contributed by atoms with Crippen molar-refractivity contribution in [2.75, 3.05) is 7.11 Å². The van der Waals surface area contributed by atoms with Crippen LogP contribution in [0.4, 0.5) is 0 Å². The number of hydrogen-bond acceptors (Lipinski definition) is 3. The first-order valence-electron chi connectivity index (χ1n) is 5.02. The fourth-order valence-corrected chi connectivity index (χ4v) is 1.77. The van der Waals surface area contributed by atoms with Gasteiger partial charge in [-0.1, -0.05) is 23.2 Å². The van der Waals surface area contributed by atoms with E-state index in [0.29, 0.717) is 16.9 Å². The van der Waals surface area contributed by atoms with Gasteiger partial charge in [-0.15, -0.1) is 0 Å². The quantitative estimate of drug-likeness (QED) is 0.891. The number of nitrogens with one attached hydrogen (secondary N) is 1. The molecule has 4 nitrogen and oxygen atoms in total. The molecule has 0 radical (unpaired) electrons. The van der Waals surface area contributed by atoms with Crippen molar-refractivity contribution in [2.24, 2.45) is 0 Å². The van der Waals surface area contributed by atoms with Crippen molar-refractivity contribution in [3.63, 3.8) is 0 Å².